The van der Waals surface area contributed by atoms with E-state index in [1.54, 1.807) is 36.5 Å². The van der Waals surface area contributed by atoms with E-state index in [0.717, 1.165) is 11.4 Å². The molecule has 2 aromatic carbocycles. The second-order valence-corrected chi connectivity index (χ2v) is 8.10. The Morgan fingerprint density at radius 1 is 1.06 bits per heavy atom. The number of anilines is 1. The summed E-state index contributed by atoms with van der Waals surface area (Å²) in [7, 11) is 1.34. The number of benzene rings is 2. The molecule has 0 radical (unpaired) electrons. The number of esters is 1. The first kappa shape index (κ1) is 21.8. The maximum atomic E-state index is 13.6. The van der Waals surface area contributed by atoms with Crippen LogP contribution >= 0.6 is 12.2 Å². The molecular formula is C26H20FN3O3S. The van der Waals surface area contributed by atoms with Crippen LogP contribution < -0.4 is 10.2 Å². The van der Waals surface area contributed by atoms with E-state index in [9.17, 15) is 9.18 Å². The lowest BCUT2D eigenvalue weighted by Gasteiger charge is -2.26. The van der Waals surface area contributed by atoms with Gasteiger partial charge in [-0.2, -0.15) is 0 Å². The van der Waals surface area contributed by atoms with Crippen molar-refractivity contribution in [2.75, 3.05) is 12.0 Å². The smallest absolute Gasteiger partial charge is 0.338 e. The number of aromatic nitrogens is 1. The molecule has 0 unspecified atom stereocenters. The van der Waals surface area contributed by atoms with E-state index in [0.29, 0.717) is 27.8 Å². The van der Waals surface area contributed by atoms with Crippen molar-refractivity contribution in [1.29, 1.82) is 0 Å². The molecular weight excluding hydrogens is 453 g/mol. The number of methoxy groups -OCH3 is 1. The van der Waals surface area contributed by atoms with Gasteiger partial charge in [-0.3, -0.25) is 4.98 Å². The summed E-state index contributed by atoms with van der Waals surface area (Å²) >= 11 is 5.67. The van der Waals surface area contributed by atoms with Crippen LogP contribution in [0.2, 0.25) is 0 Å². The number of halogens is 1. The predicted molar refractivity (Wildman–Crippen MR) is 130 cm³/mol. The first-order valence-corrected chi connectivity index (χ1v) is 11.0. The van der Waals surface area contributed by atoms with Gasteiger partial charge in [-0.25, -0.2) is 9.18 Å². The SMILES string of the molecule is COC(=O)c1ccccc1-c1ccc([C@H]2[C@H](c3ccccn3)NC(=S)N2c2ccc(F)cc2)o1. The second kappa shape index (κ2) is 9.07. The van der Waals surface area contributed by atoms with Gasteiger partial charge >= 0.3 is 5.97 Å². The highest BCUT2D eigenvalue weighted by molar-refractivity contribution is 7.80. The molecule has 170 valence electrons. The molecule has 1 aliphatic heterocycles. The summed E-state index contributed by atoms with van der Waals surface area (Å²) in [5.74, 6) is 0.352. The van der Waals surface area contributed by atoms with Crippen LogP contribution in [0.5, 0.6) is 0 Å². The van der Waals surface area contributed by atoms with E-state index in [1.165, 1.54) is 19.2 Å². The second-order valence-electron chi connectivity index (χ2n) is 7.71. The van der Waals surface area contributed by atoms with Gasteiger partial charge in [0.05, 0.1) is 24.4 Å². The Morgan fingerprint density at radius 3 is 2.56 bits per heavy atom. The third-order valence-electron chi connectivity index (χ3n) is 5.72. The van der Waals surface area contributed by atoms with Gasteiger partial charge in [0.2, 0.25) is 0 Å². The van der Waals surface area contributed by atoms with Crippen molar-refractivity contribution < 1.29 is 18.3 Å². The van der Waals surface area contributed by atoms with Crippen molar-refractivity contribution in [1.82, 2.24) is 10.3 Å². The van der Waals surface area contributed by atoms with E-state index >= 15 is 0 Å². The average Bonchev–Trinajstić information content (AvgIpc) is 3.49. The summed E-state index contributed by atoms with van der Waals surface area (Å²) in [5, 5.41) is 3.81. The first-order valence-electron chi connectivity index (χ1n) is 10.6. The minimum absolute atomic E-state index is 0.311. The standard InChI is InChI=1S/C26H20FN3O3S/c1-32-25(31)19-7-3-2-6-18(19)21-13-14-22(33-21)24-23(20-8-4-5-15-28-20)29-26(34)30(24)17-11-9-16(27)10-12-17/h2-15,23-24H,1H3,(H,29,34)/t23-,24-/m0/s1. The third-order valence-corrected chi connectivity index (χ3v) is 6.03. The zero-order valence-electron chi connectivity index (χ0n) is 18.1. The van der Waals surface area contributed by atoms with E-state index < -0.39 is 12.0 Å². The van der Waals surface area contributed by atoms with Gasteiger partial charge in [-0.05, 0) is 66.8 Å². The molecule has 2 atom stereocenters. The predicted octanol–water partition coefficient (Wildman–Crippen LogP) is 5.44. The molecule has 0 saturated carbocycles. The Kier molecular flexibility index (Phi) is 5.81. The molecule has 1 N–H and O–H groups in total. The highest BCUT2D eigenvalue weighted by Crippen LogP contribution is 2.43. The lowest BCUT2D eigenvalue weighted by molar-refractivity contribution is 0.0601. The van der Waals surface area contributed by atoms with Crippen LogP contribution in [0.4, 0.5) is 10.1 Å². The Bertz CT molecular complexity index is 1340. The van der Waals surface area contributed by atoms with Crippen LogP contribution in [0.1, 0.15) is 33.9 Å². The summed E-state index contributed by atoms with van der Waals surface area (Å²) in [5.41, 5.74) is 2.53. The normalized spacial score (nSPS) is 17.5. The fourth-order valence-electron chi connectivity index (χ4n) is 4.17. The largest absolute Gasteiger partial charge is 0.465 e. The molecule has 0 bridgehead atoms. The van der Waals surface area contributed by atoms with Gasteiger partial charge in [-0.15, -0.1) is 0 Å². The fourth-order valence-corrected chi connectivity index (χ4v) is 4.51. The molecule has 2 aromatic heterocycles. The van der Waals surface area contributed by atoms with Crippen molar-refractivity contribution in [2.24, 2.45) is 0 Å². The molecule has 34 heavy (non-hydrogen) atoms. The quantitative estimate of drug-likeness (QED) is 0.306. The van der Waals surface area contributed by atoms with E-state index in [2.05, 4.69) is 10.3 Å². The minimum atomic E-state index is -0.448. The van der Waals surface area contributed by atoms with E-state index in [4.69, 9.17) is 21.4 Å². The van der Waals surface area contributed by atoms with Crippen LogP contribution in [0.15, 0.2) is 89.5 Å². The van der Waals surface area contributed by atoms with Gasteiger partial charge in [0, 0.05) is 17.4 Å². The highest BCUT2D eigenvalue weighted by Gasteiger charge is 2.42. The summed E-state index contributed by atoms with van der Waals surface area (Å²) in [4.78, 5) is 18.7. The number of thiocarbonyl (C=S) groups is 1. The van der Waals surface area contributed by atoms with E-state index in [1.807, 2.05) is 41.3 Å². The number of pyridine rings is 1. The molecule has 0 amide bonds. The number of hydrogen-bond donors (Lipinski definition) is 1. The van der Waals surface area contributed by atoms with Crippen LogP contribution in [0.25, 0.3) is 11.3 Å². The van der Waals surface area contributed by atoms with Crippen LogP contribution in [-0.2, 0) is 4.74 Å². The zero-order chi connectivity index (χ0) is 23.7. The number of hydrogen-bond acceptors (Lipinski definition) is 5. The molecule has 1 fully saturated rings. The van der Waals surface area contributed by atoms with Crippen molar-refractivity contribution in [3.8, 4) is 11.3 Å². The first-order chi connectivity index (χ1) is 16.6. The Morgan fingerprint density at radius 2 is 1.82 bits per heavy atom. The van der Waals surface area contributed by atoms with Gasteiger partial charge in [0.15, 0.2) is 5.11 Å². The van der Waals surface area contributed by atoms with Crippen molar-refractivity contribution >= 4 is 29.0 Å². The number of carbonyl (C=O) groups is 1. The molecule has 0 aliphatic carbocycles. The zero-order valence-corrected chi connectivity index (χ0v) is 19.0. The summed E-state index contributed by atoms with van der Waals surface area (Å²) in [6, 6.07) is 21.9. The van der Waals surface area contributed by atoms with Gasteiger partial charge < -0.3 is 19.4 Å². The Hall–Kier alpha value is -4.04. The molecule has 6 nitrogen and oxygen atoms in total. The number of furan rings is 1. The lowest BCUT2D eigenvalue weighted by Crippen LogP contribution is -2.29. The number of nitrogens with zero attached hydrogens (tertiary/aromatic N) is 2. The van der Waals surface area contributed by atoms with Crippen molar-refractivity contribution in [3.63, 3.8) is 0 Å². The van der Waals surface area contributed by atoms with Crippen LogP contribution in [0.3, 0.4) is 0 Å². The molecule has 4 aromatic rings. The maximum Gasteiger partial charge on any atom is 0.338 e. The summed E-state index contributed by atoms with van der Waals surface area (Å²) in [6.07, 6.45) is 1.72. The highest BCUT2D eigenvalue weighted by atomic mass is 32.1. The molecule has 5 rings (SSSR count). The number of rotatable bonds is 5. The summed E-state index contributed by atoms with van der Waals surface area (Å²) in [6.45, 7) is 0. The molecule has 1 aliphatic rings. The lowest BCUT2D eigenvalue weighted by atomic mass is 10.0. The van der Waals surface area contributed by atoms with Crippen molar-refractivity contribution in [2.45, 2.75) is 12.1 Å². The number of carbonyl (C=O) groups excluding carboxylic acids is 1. The Labute approximate surface area is 201 Å². The minimum Gasteiger partial charge on any atom is -0.465 e. The molecule has 1 saturated heterocycles. The van der Waals surface area contributed by atoms with Crippen LogP contribution in [-0.4, -0.2) is 23.2 Å². The average molecular weight is 474 g/mol. The van der Waals surface area contributed by atoms with Crippen molar-refractivity contribution in [3.05, 3.63) is 108 Å². The molecule has 0 spiro atoms. The van der Waals surface area contributed by atoms with Gasteiger partial charge in [0.1, 0.15) is 23.4 Å². The third kappa shape index (κ3) is 3.92. The Balaban J connectivity index is 1.60. The molecule has 3 heterocycles. The fraction of sp³-hybridized carbons (Fsp3) is 0.115. The maximum absolute atomic E-state index is 13.6. The number of ether oxygens (including phenoxy) is 1. The summed E-state index contributed by atoms with van der Waals surface area (Å²) < 4.78 is 24.9. The van der Waals surface area contributed by atoms with Crippen LogP contribution in [0, 0.1) is 5.82 Å². The number of nitrogens with one attached hydrogen (secondary N) is 1. The van der Waals surface area contributed by atoms with E-state index in [-0.39, 0.29) is 11.9 Å². The molecule has 8 heteroatoms. The monoisotopic (exact) mass is 473 g/mol. The van der Waals surface area contributed by atoms with Gasteiger partial charge in [0.25, 0.3) is 0 Å². The topological polar surface area (TPSA) is 67.6 Å². The van der Waals surface area contributed by atoms with Gasteiger partial charge in [-0.1, -0.05) is 24.3 Å².